The molecule has 3 rings (SSSR count). The number of aromatic nitrogens is 3. The van der Waals surface area contributed by atoms with E-state index in [1.807, 2.05) is 12.1 Å². The van der Waals surface area contributed by atoms with Crippen LogP contribution in [0.3, 0.4) is 0 Å². The van der Waals surface area contributed by atoms with Gasteiger partial charge in [0.1, 0.15) is 5.69 Å². The fourth-order valence-corrected chi connectivity index (χ4v) is 2.76. The SMILES string of the molecule is O=C(NC1CCCCC1)c1ccnc(NCc2cccnc2)n1. The molecule has 0 radical (unpaired) electrons. The largest absolute Gasteiger partial charge is 0.350 e. The van der Waals surface area contributed by atoms with Crippen LogP contribution >= 0.6 is 0 Å². The lowest BCUT2D eigenvalue weighted by atomic mass is 9.95. The lowest BCUT2D eigenvalue weighted by molar-refractivity contribution is 0.0922. The molecule has 0 aromatic carbocycles. The van der Waals surface area contributed by atoms with Crippen LogP contribution in [-0.2, 0) is 6.54 Å². The fourth-order valence-electron chi connectivity index (χ4n) is 2.76. The van der Waals surface area contributed by atoms with E-state index in [2.05, 4.69) is 25.6 Å². The number of nitrogens with zero attached hydrogens (tertiary/aromatic N) is 3. The summed E-state index contributed by atoms with van der Waals surface area (Å²) >= 11 is 0. The van der Waals surface area contributed by atoms with Gasteiger partial charge >= 0.3 is 0 Å². The maximum atomic E-state index is 12.3. The number of rotatable bonds is 5. The molecule has 2 heterocycles. The highest BCUT2D eigenvalue weighted by molar-refractivity contribution is 5.92. The minimum absolute atomic E-state index is 0.122. The predicted molar refractivity (Wildman–Crippen MR) is 87.9 cm³/mol. The minimum Gasteiger partial charge on any atom is -0.350 e. The van der Waals surface area contributed by atoms with E-state index in [1.54, 1.807) is 24.7 Å². The molecule has 6 nitrogen and oxygen atoms in total. The van der Waals surface area contributed by atoms with Gasteiger partial charge in [0, 0.05) is 31.2 Å². The van der Waals surface area contributed by atoms with Crippen molar-refractivity contribution in [2.75, 3.05) is 5.32 Å². The number of hydrogen-bond donors (Lipinski definition) is 2. The topological polar surface area (TPSA) is 79.8 Å². The third-order valence-corrected chi connectivity index (χ3v) is 4.00. The van der Waals surface area contributed by atoms with E-state index in [9.17, 15) is 4.79 Å². The molecule has 6 heteroatoms. The zero-order valence-corrected chi connectivity index (χ0v) is 13.0. The molecule has 0 bridgehead atoms. The van der Waals surface area contributed by atoms with Gasteiger partial charge in [-0.1, -0.05) is 25.3 Å². The Morgan fingerprint density at radius 1 is 1.17 bits per heavy atom. The van der Waals surface area contributed by atoms with Gasteiger partial charge < -0.3 is 10.6 Å². The molecule has 0 atom stereocenters. The van der Waals surface area contributed by atoms with E-state index < -0.39 is 0 Å². The quantitative estimate of drug-likeness (QED) is 0.887. The summed E-state index contributed by atoms with van der Waals surface area (Å²) in [6, 6.07) is 5.77. The van der Waals surface area contributed by atoms with E-state index >= 15 is 0 Å². The summed E-state index contributed by atoms with van der Waals surface area (Å²) in [5.74, 6) is 0.328. The normalized spacial score (nSPS) is 15.1. The standard InChI is InChI=1S/C17H21N5O/c23-16(21-14-6-2-1-3-7-14)15-8-10-19-17(22-15)20-12-13-5-4-9-18-11-13/h4-5,8-11,14H,1-3,6-7,12H2,(H,21,23)(H,19,20,22). The molecule has 0 spiro atoms. The minimum atomic E-state index is -0.122. The van der Waals surface area contributed by atoms with Gasteiger partial charge in [-0.15, -0.1) is 0 Å². The predicted octanol–water partition coefficient (Wildman–Crippen LogP) is 2.55. The van der Waals surface area contributed by atoms with Crippen molar-refractivity contribution >= 4 is 11.9 Å². The van der Waals surface area contributed by atoms with Crippen LogP contribution in [0.4, 0.5) is 5.95 Å². The summed E-state index contributed by atoms with van der Waals surface area (Å²) in [4.78, 5) is 24.8. The first-order valence-electron chi connectivity index (χ1n) is 8.08. The van der Waals surface area contributed by atoms with Gasteiger partial charge in [-0.05, 0) is 30.5 Å². The molecule has 0 unspecified atom stereocenters. The fraction of sp³-hybridized carbons (Fsp3) is 0.412. The number of carbonyl (C=O) groups excluding carboxylic acids is 1. The molecule has 1 aliphatic rings. The summed E-state index contributed by atoms with van der Waals surface area (Å²) < 4.78 is 0. The Morgan fingerprint density at radius 2 is 2.04 bits per heavy atom. The smallest absolute Gasteiger partial charge is 0.270 e. The summed E-state index contributed by atoms with van der Waals surface area (Å²) in [7, 11) is 0. The van der Waals surface area contributed by atoms with Crippen molar-refractivity contribution in [3.63, 3.8) is 0 Å². The lowest BCUT2D eigenvalue weighted by Gasteiger charge is -2.22. The Hall–Kier alpha value is -2.50. The zero-order chi connectivity index (χ0) is 15.9. The molecule has 0 aliphatic heterocycles. The summed E-state index contributed by atoms with van der Waals surface area (Å²) in [6.45, 7) is 0.571. The van der Waals surface area contributed by atoms with E-state index in [0.29, 0.717) is 18.2 Å². The Morgan fingerprint density at radius 3 is 2.83 bits per heavy atom. The molecule has 1 amide bonds. The number of anilines is 1. The van der Waals surface area contributed by atoms with Crippen molar-refractivity contribution in [3.8, 4) is 0 Å². The molecular weight excluding hydrogens is 290 g/mol. The first kappa shape index (κ1) is 15.4. The van der Waals surface area contributed by atoms with Crippen LogP contribution in [0.25, 0.3) is 0 Å². The summed E-state index contributed by atoms with van der Waals surface area (Å²) in [5.41, 5.74) is 1.44. The average molecular weight is 311 g/mol. The van der Waals surface area contributed by atoms with Crippen LogP contribution in [0.5, 0.6) is 0 Å². The third-order valence-electron chi connectivity index (χ3n) is 4.00. The second-order valence-corrected chi connectivity index (χ2v) is 5.79. The first-order valence-corrected chi connectivity index (χ1v) is 8.08. The van der Waals surface area contributed by atoms with Crippen LogP contribution in [0.15, 0.2) is 36.8 Å². The highest BCUT2D eigenvalue weighted by Gasteiger charge is 2.17. The maximum Gasteiger partial charge on any atom is 0.270 e. The Labute approximate surface area is 135 Å². The molecule has 120 valence electrons. The van der Waals surface area contributed by atoms with Gasteiger partial charge in [0.25, 0.3) is 5.91 Å². The van der Waals surface area contributed by atoms with Crippen molar-refractivity contribution < 1.29 is 4.79 Å². The molecule has 2 aromatic heterocycles. The number of carbonyl (C=O) groups is 1. The van der Waals surface area contributed by atoms with Gasteiger partial charge in [0.2, 0.25) is 5.95 Å². The Bertz CT molecular complexity index is 640. The van der Waals surface area contributed by atoms with Gasteiger partial charge in [-0.2, -0.15) is 0 Å². The molecule has 23 heavy (non-hydrogen) atoms. The van der Waals surface area contributed by atoms with E-state index in [1.165, 1.54) is 19.3 Å². The average Bonchev–Trinajstić information content (AvgIpc) is 2.62. The zero-order valence-electron chi connectivity index (χ0n) is 13.0. The number of hydrogen-bond acceptors (Lipinski definition) is 5. The van der Waals surface area contributed by atoms with Crippen molar-refractivity contribution in [2.24, 2.45) is 0 Å². The van der Waals surface area contributed by atoms with Crippen LogP contribution in [0, 0.1) is 0 Å². The molecule has 0 saturated heterocycles. The van der Waals surface area contributed by atoms with Crippen LogP contribution in [-0.4, -0.2) is 26.9 Å². The monoisotopic (exact) mass is 311 g/mol. The van der Waals surface area contributed by atoms with Crippen LogP contribution < -0.4 is 10.6 Å². The molecule has 1 fully saturated rings. The molecule has 1 saturated carbocycles. The summed E-state index contributed by atoms with van der Waals surface area (Å²) in [5, 5.41) is 6.19. The maximum absolute atomic E-state index is 12.3. The van der Waals surface area contributed by atoms with Crippen LogP contribution in [0.2, 0.25) is 0 Å². The van der Waals surface area contributed by atoms with Gasteiger partial charge in [0.15, 0.2) is 0 Å². The second kappa shape index (κ2) is 7.67. The molecule has 2 N–H and O–H groups in total. The number of pyridine rings is 1. The number of nitrogens with one attached hydrogen (secondary N) is 2. The molecule has 2 aromatic rings. The van der Waals surface area contributed by atoms with E-state index in [4.69, 9.17) is 0 Å². The van der Waals surface area contributed by atoms with Gasteiger partial charge in [0.05, 0.1) is 0 Å². The van der Waals surface area contributed by atoms with Gasteiger partial charge in [-0.3, -0.25) is 9.78 Å². The number of amides is 1. The Balaban J connectivity index is 1.59. The molecule has 1 aliphatic carbocycles. The van der Waals surface area contributed by atoms with E-state index in [-0.39, 0.29) is 11.9 Å². The van der Waals surface area contributed by atoms with Crippen molar-refractivity contribution in [1.29, 1.82) is 0 Å². The third kappa shape index (κ3) is 4.48. The Kier molecular flexibility index (Phi) is 5.13. The van der Waals surface area contributed by atoms with Crippen molar-refractivity contribution in [1.82, 2.24) is 20.3 Å². The van der Waals surface area contributed by atoms with E-state index in [0.717, 1.165) is 18.4 Å². The lowest BCUT2D eigenvalue weighted by Crippen LogP contribution is -2.36. The summed E-state index contributed by atoms with van der Waals surface area (Å²) in [6.07, 6.45) is 10.9. The van der Waals surface area contributed by atoms with Crippen molar-refractivity contribution in [2.45, 2.75) is 44.7 Å². The van der Waals surface area contributed by atoms with Crippen molar-refractivity contribution in [3.05, 3.63) is 48.0 Å². The van der Waals surface area contributed by atoms with Gasteiger partial charge in [-0.25, -0.2) is 9.97 Å². The first-order chi connectivity index (χ1) is 11.3. The highest BCUT2D eigenvalue weighted by Crippen LogP contribution is 2.17. The van der Waals surface area contributed by atoms with Crippen LogP contribution in [0.1, 0.15) is 48.2 Å². The molecular formula is C17H21N5O. The highest BCUT2D eigenvalue weighted by atomic mass is 16.1. The second-order valence-electron chi connectivity index (χ2n) is 5.79.